The van der Waals surface area contributed by atoms with Gasteiger partial charge in [-0.05, 0) is 43.2 Å². The van der Waals surface area contributed by atoms with Gasteiger partial charge in [0.1, 0.15) is 0 Å². The number of benzene rings is 1. The van der Waals surface area contributed by atoms with E-state index in [1.54, 1.807) is 11.1 Å². The Bertz CT molecular complexity index is 286. The molecule has 1 aromatic carbocycles. The van der Waals surface area contributed by atoms with Gasteiger partial charge in [-0.15, -0.1) is 0 Å². The minimum absolute atomic E-state index is 0.848. The Morgan fingerprint density at radius 2 is 2.00 bits per heavy atom. The second-order valence-electron chi connectivity index (χ2n) is 3.85. The van der Waals surface area contributed by atoms with Gasteiger partial charge in [0.2, 0.25) is 0 Å². The molecular weight excluding hydrogens is 168 g/mol. The van der Waals surface area contributed by atoms with Crippen molar-refractivity contribution in [2.75, 3.05) is 0 Å². The molecule has 0 fully saturated rings. The van der Waals surface area contributed by atoms with Crippen LogP contribution in [0, 0.1) is 6.92 Å². The van der Waals surface area contributed by atoms with E-state index in [0.717, 1.165) is 5.92 Å². The van der Waals surface area contributed by atoms with Gasteiger partial charge in [-0.1, -0.05) is 44.5 Å². The Balaban J connectivity index is 0.000000461. The average Bonchev–Trinajstić information content (AvgIpc) is 2.62. The van der Waals surface area contributed by atoms with Crippen LogP contribution in [-0.4, -0.2) is 0 Å². The van der Waals surface area contributed by atoms with E-state index in [1.165, 1.54) is 24.8 Å². The fourth-order valence-corrected chi connectivity index (χ4v) is 2.26. The van der Waals surface area contributed by atoms with E-state index < -0.39 is 0 Å². The highest BCUT2D eigenvalue weighted by molar-refractivity contribution is 5.37. The lowest BCUT2D eigenvalue weighted by Gasteiger charge is -2.07. The molecule has 0 amide bonds. The summed E-state index contributed by atoms with van der Waals surface area (Å²) in [5.74, 6) is 0.848. The average molecular weight is 190 g/mol. The molecule has 0 N–H and O–H groups in total. The quantitative estimate of drug-likeness (QED) is 0.613. The minimum atomic E-state index is 0.848. The van der Waals surface area contributed by atoms with Crippen molar-refractivity contribution >= 4 is 0 Å². The summed E-state index contributed by atoms with van der Waals surface area (Å²) in [6, 6.07) is 6.92. The highest BCUT2D eigenvalue weighted by atomic mass is 14.2. The topological polar surface area (TPSA) is 0 Å². The zero-order valence-corrected chi connectivity index (χ0v) is 9.93. The summed E-state index contributed by atoms with van der Waals surface area (Å²) in [6.07, 6.45) is 3.97. The Morgan fingerprint density at radius 1 is 1.29 bits per heavy atom. The van der Waals surface area contributed by atoms with E-state index in [-0.39, 0.29) is 0 Å². The maximum Gasteiger partial charge on any atom is -0.0159 e. The van der Waals surface area contributed by atoms with Crippen LogP contribution in [0.3, 0.4) is 0 Å². The van der Waals surface area contributed by atoms with Crippen LogP contribution in [0.1, 0.15) is 56.2 Å². The first-order valence-corrected chi connectivity index (χ1v) is 5.90. The van der Waals surface area contributed by atoms with Crippen molar-refractivity contribution < 1.29 is 0 Å². The molecule has 0 spiro atoms. The van der Waals surface area contributed by atoms with Gasteiger partial charge in [0, 0.05) is 0 Å². The van der Waals surface area contributed by atoms with Crippen molar-refractivity contribution in [2.45, 2.75) is 52.9 Å². The lowest BCUT2D eigenvalue weighted by atomic mass is 9.98. The van der Waals surface area contributed by atoms with E-state index in [4.69, 9.17) is 0 Å². The van der Waals surface area contributed by atoms with E-state index in [9.17, 15) is 0 Å². The smallest absolute Gasteiger partial charge is 0.0159 e. The molecule has 0 radical (unpaired) electrons. The molecule has 0 saturated heterocycles. The summed E-state index contributed by atoms with van der Waals surface area (Å²) in [4.78, 5) is 0. The summed E-state index contributed by atoms with van der Waals surface area (Å²) >= 11 is 0. The standard InChI is InChI=1S/C12H16.C2H6/c1-3-10-5-6-11-8-9(2)4-7-12(10)11;1-2/h4,7-8,10H,3,5-6H2,1-2H3;1-2H3. The van der Waals surface area contributed by atoms with Crippen LogP contribution in [0.4, 0.5) is 0 Å². The van der Waals surface area contributed by atoms with E-state index >= 15 is 0 Å². The molecule has 1 aliphatic carbocycles. The van der Waals surface area contributed by atoms with Gasteiger partial charge in [-0.2, -0.15) is 0 Å². The lowest BCUT2D eigenvalue weighted by Crippen LogP contribution is -1.90. The SMILES string of the molecule is CC.CCC1CCc2cc(C)ccc21. The second kappa shape index (κ2) is 5.19. The van der Waals surface area contributed by atoms with Gasteiger partial charge in [0.25, 0.3) is 0 Å². The fourth-order valence-electron chi connectivity index (χ4n) is 2.26. The van der Waals surface area contributed by atoms with Crippen molar-refractivity contribution in [3.8, 4) is 0 Å². The van der Waals surface area contributed by atoms with Crippen molar-refractivity contribution in [3.05, 3.63) is 34.9 Å². The molecule has 0 bridgehead atoms. The van der Waals surface area contributed by atoms with E-state index in [1.807, 2.05) is 13.8 Å². The second-order valence-corrected chi connectivity index (χ2v) is 3.85. The molecule has 1 atom stereocenters. The van der Waals surface area contributed by atoms with Gasteiger partial charge in [-0.3, -0.25) is 0 Å². The molecule has 2 rings (SSSR count). The predicted octanol–water partition coefficient (Wildman–Crippen LogP) is 4.46. The maximum absolute atomic E-state index is 2.35. The zero-order chi connectivity index (χ0) is 10.6. The number of fused-ring (bicyclic) bond motifs is 1. The molecule has 0 heteroatoms. The largest absolute Gasteiger partial charge is 0.0683 e. The molecule has 14 heavy (non-hydrogen) atoms. The first-order valence-electron chi connectivity index (χ1n) is 5.90. The van der Waals surface area contributed by atoms with Crippen LogP contribution >= 0.6 is 0 Å². The molecule has 0 nitrogen and oxygen atoms in total. The Morgan fingerprint density at radius 3 is 2.64 bits per heavy atom. The summed E-state index contributed by atoms with van der Waals surface area (Å²) in [6.45, 7) is 8.47. The Labute approximate surface area is 88.4 Å². The van der Waals surface area contributed by atoms with Crippen LogP contribution in [-0.2, 0) is 6.42 Å². The number of rotatable bonds is 1. The number of aryl methyl sites for hydroxylation is 2. The van der Waals surface area contributed by atoms with E-state index in [0.29, 0.717) is 0 Å². The monoisotopic (exact) mass is 190 g/mol. The van der Waals surface area contributed by atoms with Crippen LogP contribution in [0.25, 0.3) is 0 Å². The minimum Gasteiger partial charge on any atom is -0.0683 e. The van der Waals surface area contributed by atoms with Gasteiger partial charge in [0.05, 0.1) is 0 Å². The third-order valence-corrected chi connectivity index (χ3v) is 2.99. The highest BCUT2D eigenvalue weighted by Gasteiger charge is 2.19. The predicted molar refractivity (Wildman–Crippen MR) is 63.9 cm³/mol. The molecule has 0 heterocycles. The summed E-state index contributed by atoms with van der Waals surface area (Å²) < 4.78 is 0. The highest BCUT2D eigenvalue weighted by Crippen LogP contribution is 2.35. The number of hydrogen-bond donors (Lipinski definition) is 0. The lowest BCUT2D eigenvalue weighted by molar-refractivity contribution is 0.656. The zero-order valence-electron chi connectivity index (χ0n) is 9.93. The Hall–Kier alpha value is -0.780. The molecule has 78 valence electrons. The van der Waals surface area contributed by atoms with Crippen LogP contribution in [0.5, 0.6) is 0 Å². The molecule has 0 aromatic heterocycles. The molecule has 0 saturated carbocycles. The van der Waals surface area contributed by atoms with Crippen LogP contribution in [0.15, 0.2) is 18.2 Å². The van der Waals surface area contributed by atoms with Crippen molar-refractivity contribution in [2.24, 2.45) is 0 Å². The maximum atomic E-state index is 2.35. The number of hydrogen-bond acceptors (Lipinski definition) is 0. The normalized spacial score (nSPS) is 18.4. The van der Waals surface area contributed by atoms with Gasteiger partial charge in [0.15, 0.2) is 0 Å². The van der Waals surface area contributed by atoms with Crippen molar-refractivity contribution in [1.29, 1.82) is 0 Å². The van der Waals surface area contributed by atoms with Crippen molar-refractivity contribution in [3.63, 3.8) is 0 Å². The summed E-state index contributed by atoms with van der Waals surface area (Å²) in [5.41, 5.74) is 4.62. The Kier molecular flexibility index (Phi) is 4.19. The third kappa shape index (κ3) is 2.17. The summed E-state index contributed by atoms with van der Waals surface area (Å²) in [7, 11) is 0. The molecule has 0 aliphatic heterocycles. The van der Waals surface area contributed by atoms with Gasteiger partial charge in [-0.25, -0.2) is 0 Å². The third-order valence-electron chi connectivity index (χ3n) is 2.99. The van der Waals surface area contributed by atoms with Crippen molar-refractivity contribution in [1.82, 2.24) is 0 Å². The fraction of sp³-hybridized carbons (Fsp3) is 0.571. The van der Waals surface area contributed by atoms with Gasteiger partial charge < -0.3 is 0 Å². The molecule has 1 unspecified atom stereocenters. The first kappa shape index (κ1) is 11.3. The summed E-state index contributed by atoms with van der Waals surface area (Å²) in [5, 5.41) is 0. The van der Waals surface area contributed by atoms with E-state index in [2.05, 4.69) is 32.0 Å². The first-order chi connectivity index (χ1) is 6.81. The van der Waals surface area contributed by atoms with Crippen LogP contribution < -0.4 is 0 Å². The van der Waals surface area contributed by atoms with Crippen LogP contribution in [0.2, 0.25) is 0 Å². The molecular formula is C14H22. The van der Waals surface area contributed by atoms with Gasteiger partial charge >= 0.3 is 0 Å². The molecule has 1 aromatic rings. The molecule has 1 aliphatic rings.